The molecule has 2 aromatic carbocycles. The lowest BCUT2D eigenvalue weighted by Gasteiger charge is -2.20. The van der Waals surface area contributed by atoms with E-state index in [4.69, 9.17) is 9.47 Å². The van der Waals surface area contributed by atoms with Gasteiger partial charge in [0.1, 0.15) is 12.6 Å². The molecule has 7 heteroatoms. The molecule has 2 aromatic rings. The number of ether oxygens (including phenoxy) is 2. The topological polar surface area (TPSA) is 81.7 Å². The van der Waals surface area contributed by atoms with Gasteiger partial charge in [-0.05, 0) is 17.5 Å². The number of nitrogens with one attached hydrogen (secondary N) is 1. The van der Waals surface area contributed by atoms with Crippen molar-refractivity contribution in [2.75, 3.05) is 6.61 Å². The maximum Gasteiger partial charge on any atom is 0.408 e. The van der Waals surface area contributed by atoms with E-state index < -0.39 is 24.7 Å². The Hall–Kier alpha value is -2.67. The van der Waals surface area contributed by atoms with Crippen LogP contribution in [0.1, 0.15) is 29.8 Å². The van der Waals surface area contributed by atoms with Crippen LogP contribution in [0, 0.1) is 5.92 Å². The average molecular weight is 448 g/mol. The molecular formula is C21H22BrNO5. The zero-order chi connectivity index (χ0) is 20.5. The predicted molar refractivity (Wildman–Crippen MR) is 108 cm³/mol. The van der Waals surface area contributed by atoms with Gasteiger partial charge in [-0.3, -0.25) is 4.79 Å². The number of carbonyl (C=O) groups excluding carboxylic acids is 3. The third-order valence-corrected chi connectivity index (χ3v) is 4.62. The molecule has 6 nitrogen and oxygen atoms in total. The summed E-state index contributed by atoms with van der Waals surface area (Å²) in [5.41, 5.74) is 1.26. The van der Waals surface area contributed by atoms with Crippen LogP contribution < -0.4 is 5.32 Å². The van der Waals surface area contributed by atoms with Gasteiger partial charge in [-0.25, -0.2) is 9.59 Å². The highest BCUT2D eigenvalue weighted by molar-refractivity contribution is 9.10. The molecule has 1 atom stereocenters. The number of halogens is 1. The lowest BCUT2D eigenvalue weighted by Crippen LogP contribution is -2.45. The van der Waals surface area contributed by atoms with Crippen molar-refractivity contribution in [1.29, 1.82) is 0 Å². The molecule has 0 saturated carbocycles. The van der Waals surface area contributed by atoms with Crippen molar-refractivity contribution < 1.29 is 23.9 Å². The first kappa shape index (κ1) is 21.6. The highest BCUT2D eigenvalue weighted by atomic mass is 79.9. The summed E-state index contributed by atoms with van der Waals surface area (Å²) in [4.78, 5) is 36.6. The van der Waals surface area contributed by atoms with E-state index in [0.29, 0.717) is 10.0 Å². The average Bonchev–Trinajstić information content (AvgIpc) is 2.69. The molecule has 0 aliphatic heterocycles. The van der Waals surface area contributed by atoms with E-state index in [2.05, 4.69) is 21.2 Å². The van der Waals surface area contributed by atoms with Crippen molar-refractivity contribution in [3.63, 3.8) is 0 Å². The first-order valence-corrected chi connectivity index (χ1v) is 9.59. The molecule has 0 bridgehead atoms. The van der Waals surface area contributed by atoms with Crippen molar-refractivity contribution in [2.24, 2.45) is 5.92 Å². The lowest BCUT2D eigenvalue weighted by molar-refractivity contribution is -0.146. The molecule has 1 unspecified atom stereocenters. The van der Waals surface area contributed by atoms with E-state index in [1.54, 1.807) is 38.1 Å². The summed E-state index contributed by atoms with van der Waals surface area (Å²) in [6.07, 6.45) is -0.725. The van der Waals surface area contributed by atoms with E-state index >= 15 is 0 Å². The summed E-state index contributed by atoms with van der Waals surface area (Å²) in [6, 6.07) is 15.2. The first-order valence-electron chi connectivity index (χ1n) is 8.80. The fourth-order valence-corrected chi connectivity index (χ4v) is 2.89. The number of hydrogen-bond acceptors (Lipinski definition) is 5. The van der Waals surface area contributed by atoms with Gasteiger partial charge in [0.05, 0.1) is 0 Å². The van der Waals surface area contributed by atoms with Gasteiger partial charge in [0.2, 0.25) is 5.78 Å². The Morgan fingerprint density at radius 2 is 1.61 bits per heavy atom. The highest BCUT2D eigenvalue weighted by Gasteiger charge is 2.27. The second-order valence-electron chi connectivity index (χ2n) is 6.44. The van der Waals surface area contributed by atoms with Gasteiger partial charge >= 0.3 is 12.1 Å². The quantitative estimate of drug-likeness (QED) is 0.485. The van der Waals surface area contributed by atoms with Crippen LogP contribution in [0.3, 0.4) is 0 Å². The zero-order valence-corrected chi connectivity index (χ0v) is 17.3. The molecule has 0 aliphatic carbocycles. The Labute approximate surface area is 172 Å². The van der Waals surface area contributed by atoms with Gasteiger partial charge in [0.25, 0.3) is 0 Å². The fourth-order valence-electron chi connectivity index (χ4n) is 2.38. The highest BCUT2D eigenvalue weighted by Crippen LogP contribution is 2.16. The van der Waals surface area contributed by atoms with Crippen molar-refractivity contribution >= 4 is 33.8 Å². The molecule has 0 aliphatic rings. The number of rotatable bonds is 8. The Balaban J connectivity index is 1.88. The summed E-state index contributed by atoms with van der Waals surface area (Å²) in [5.74, 6) is -1.27. The smallest absolute Gasteiger partial charge is 0.408 e. The maximum absolute atomic E-state index is 12.4. The summed E-state index contributed by atoms with van der Waals surface area (Å²) in [7, 11) is 0. The number of ketones is 1. The van der Waals surface area contributed by atoms with Gasteiger partial charge in [-0.15, -0.1) is 0 Å². The lowest BCUT2D eigenvalue weighted by atomic mass is 10.1. The zero-order valence-electron chi connectivity index (χ0n) is 15.7. The van der Waals surface area contributed by atoms with Crippen LogP contribution in [0.2, 0.25) is 0 Å². The molecule has 0 aromatic heterocycles. The van der Waals surface area contributed by atoms with Crippen LogP contribution in [0.5, 0.6) is 0 Å². The monoisotopic (exact) mass is 447 g/mol. The van der Waals surface area contributed by atoms with Crippen molar-refractivity contribution in [2.45, 2.75) is 26.5 Å². The van der Waals surface area contributed by atoms with Gasteiger partial charge in [-0.1, -0.05) is 78.3 Å². The molecule has 148 valence electrons. The minimum atomic E-state index is -0.921. The van der Waals surface area contributed by atoms with Crippen LogP contribution in [0.4, 0.5) is 4.79 Å². The predicted octanol–water partition coefficient (Wildman–Crippen LogP) is 4.13. The molecule has 2 rings (SSSR count). The Morgan fingerprint density at radius 3 is 2.25 bits per heavy atom. The van der Waals surface area contributed by atoms with Gasteiger partial charge in [0.15, 0.2) is 6.61 Å². The van der Waals surface area contributed by atoms with Crippen LogP contribution in [0.15, 0.2) is 59.1 Å². The minimum absolute atomic E-state index is 0.0903. The number of amides is 1. The number of hydrogen-bond donors (Lipinski definition) is 1. The second kappa shape index (κ2) is 10.6. The molecule has 0 radical (unpaired) electrons. The third kappa shape index (κ3) is 6.49. The number of benzene rings is 2. The number of carbonyl (C=O) groups is 3. The van der Waals surface area contributed by atoms with E-state index in [1.165, 1.54) is 0 Å². The largest absolute Gasteiger partial charge is 0.456 e. The van der Waals surface area contributed by atoms with E-state index in [9.17, 15) is 14.4 Å². The Bertz CT molecular complexity index is 823. The molecule has 0 spiro atoms. The van der Waals surface area contributed by atoms with Crippen LogP contribution in [0.25, 0.3) is 0 Å². The number of Topliss-reactive ketones (excluding diaryl/α,β-unsaturated/α-hetero) is 1. The normalized spacial score (nSPS) is 11.6. The minimum Gasteiger partial charge on any atom is -0.456 e. The van der Waals surface area contributed by atoms with Crippen LogP contribution >= 0.6 is 15.9 Å². The fraction of sp³-hybridized carbons (Fsp3) is 0.286. The molecule has 0 fully saturated rings. The van der Waals surface area contributed by atoms with E-state index in [1.807, 2.05) is 30.3 Å². The van der Waals surface area contributed by atoms with Crippen molar-refractivity contribution in [3.05, 3.63) is 70.2 Å². The Kier molecular flexibility index (Phi) is 8.19. The summed E-state index contributed by atoms with van der Waals surface area (Å²) in [5, 5.41) is 2.51. The molecule has 28 heavy (non-hydrogen) atoms. The van der Waals surface area contributed by atoms with Gasteiger partial charge in [-0.2, -0.15) is 0 Å². The summed E-state index contributed by atoms with van der Waals surface area (Å²) >= 11 is 3.29. The third-order valence-electron chi connectivity index (χ3n) is 3.93. The Morgan fingerprint density at radius 1 is 0.964 bits per heavy atom. The van der Waals surface area contributed by atoms with E-state index in [0.717, 1.165) is 5.56 Å². The van der Waals surface area contributed by atoms with E-state index in [-0.39, 0.29) is 18.3 Å². The van der Waals surface area contributed by atoms with Crippen LogP contribution in [-0.4, -0.2) is 30.5 Å². The van der Waals surface area contributed by atoms with Crippen molar-refractivity contribution in [1.82, 2.24) is 5.32 Å². The van der Waals surface area contributed by atoms with Gasteiger partial charge in [0, 0.05) is 10.0 Å². The number of esters is 1. The number of alkyl carbamates (subject to hydrolysis) is 1. The molecule has 0 heterocycles. The van der Waals surface area contributed by atoms with Crippen molar-refractivity contribution in [3.8, 4) is 0 Å². The maximum atomic E-state index is 12.4. The first-order chi connectivity index (χ1) is 13.4. The van der Waals surface area contributed by atoms with Gasteiger partial charge < -0.3 is 14.8 Å². The summed E-state index contributed by atoms with van der Waals surface area (Å²) < 4.78 is 10.9. The summed E-state index contributed by atoms with van der Waals surface area (Å²) in [6.45, 7) is 3.20. The second-order valence-corrected chi connectivity index (χ2v) is 7.29. The molecular weight excluding hydrogens is 426 g/mol. The SMILES string of the molecule is CC(C)C(NC(=O)OCc1ccccc1)C(=O)OCC(=O)c1ccccc1Br. The molecule has 0 saturated heterocycles. The standard InChI is InChI=1S/C21H22BrNO5/c1-14(2)19(23-21(26)28-12-15-8-4-3-5-9-15)20(25)27-13-18(24)16-10-6-7-11-17(16)22/h3-11,14,19H,12-13H2,1-2H3,(H,23,26). The molecule has 1 N–H and O–H groups in total. The molecule has 1 amide bonds. The van der Waals surface area contributed by atoms with Crippen LogP contribution in [-0.2, 0) is 20.9 Å².